The predicted octanol–water partition coefficient (Wildman–Crippen LogP) is 3.21. The van der Waals surface area contributed by atoms with Crippen LogP contribution in [0.5, 0.6) is 0 Å². The highest BCUT2D eigenvalue weighted by atomic mass is 35.5. The van der Waals surface area contributed by atoms with E-state index in [1.54, 1.807) is 29.8 Å². The minimum absolute atomic E-state index is 0.0679. The van der Waals surface area contributed by atoms with Crippen LogP contribution in [0.15, 0.2) is 35.3 Å². The van der Waals surface area contributed by atoms with Gasteiger partial charge in [0.15, 0.2) is 0 Å². The number of aryl methyl sites for hydroxylation is 1. The summed E-state index contributed by atoms with van der Waals surface area (Å²) in [6, 6.07) is 6.28. The quantitative estimate of drug-likeness (QED) is 0.933. The second-order valence-electron chi connectivity index (χ2n) is 5.70. The van der Waals surface area contributed by atoms with Crippen LogP contribution < -0.4 is 10.9 Å². The lowest BCUT2D eigenvalue weighted by molar-refractivity contribution is 0.0948. The summed E-state index contributed by atoms with van der Waals surface area (Å²) < 4.78 is 15.3. The molecule has 2 aromatic rings. The Hall–Kier alpha value is -2.14. The molecular weight excluding hydrogens is 319 g/mol. The molecule has 1 saturated carbocycles. The maximum absolute atomic E-state index is 13.7. The largest absolute Gasteiger partial charge is 0.348 e. The molecule has 3 rings (SSSR count). The number of halogens is 2. The molecule has 120 valence electrons. The van der Waals surface area contributed by atoms with Crippen LogP contribution in [0.1, 0.15) is 40.4 Å². The summed E-state index contributed by atoms with van der Waals surface area (Å²) >= 11 is 5.94. The summed E-state index contributed by atoms with van der Waals surface area (Å²) in [7, 11) is 0. The Bertz CT molecular complexity index is 808. The summed E-state index contributed by atoms with van der Waals surface area (Å²) in [4.78, 5) is 24.8. The maximum Gasteiger partial charge on any atom is 0.263 e. The highest BCUT2D eigenvalue weighted by Crippen LogP contribution is 2.33. The maximum atomic E-state index is 13.7. The first kappa shape index (κ1) is 15.7. The lowest BCUT2D eigenvalue weighted by Crippen LogP contribution is -2.33. The van der Waals surface area contributed by atoms with Crippen molar-refractivity contribution >= 4 is 17.5 Å². The zero-order valence-corrected chi connectivity index (χ0v) is 13.4. The van der Waals surface area contributed by atoms with E-state index < -0.39 is 11.7 Å². The van der Waals surface area contributed by atoms with Gasteiger partial charge in [0.1, 0.15) is 11.4 Å². The van der Waals surface area contributed by atoms with E-state index in [9.17, 15) is 14.0 Å². The van der Waals surface area contributed by atoms with E-state index in [1.807, 2.05) is 0 Å². The average Bonchev–Trinajstić information content (AvgIpc) is 3.31. The smallest absolute Gasteiger partial charge is 0.263 e. The first-order chi connectivity index (χ1) is 11.0. The van der Waals surface area contributed by atoms with Crippen molar-refractivity contribution in [1.82, 2.24) is 9.88 Å². The number of rotatable bonds is 4. The molecule has 1 heterocycles. The monoisotopic (exact) mass is 334 g/mol. The summed E-state index contributed by atoms with van der Waals surface area (Å²) in [5.41, 5.74) is 0.610. The van der Waals surface area contributed by atoms with E-state index >= 15 is 0 Å². The van der Waals surface area contributed by atoms with Crippen molar-refractivity contribution in [2.75, 3.05) is 0 Å². The molecule has 1 fully saturated rings. The van der Waals surface area contributed by atoms with Crippen molar-refractivity contribution in [1.29, 1.82) is 0 Å². The van der Waals surface area contributed by atoms with Gasteiger partial charge in [-0.3, -0.25) is 9.59 Å². The Morgan fingerprint density at radius 3 is 2.78 bits per heavy atom. The van der Waals surface area contributed by atoms with Crippen LogP contribution in [-0.2, 0) is 6.54 Å². The van der Waals surface area contributed by atoms with E-state index in [-0.39, 0.29) is 34.3 Å². The Morgan fingerprint density at radius 1 is 1.39 bits per heavy atom. The Kier molecular flexibility index (Phi) is 4.22. The second-order valence-corrected chi connectivity index (χ2v) is 6.11. The zero-order valence-electron chi connectivity index (χ0n) is 12.6. The van der Waals surface area contributed by atoms with Gasteiger partial charge in [-0.2, -0.15) is 0 Å². The molecule has 0 spiro atoms. The van der Waals surface area contributed by atoms with Crippen molar-refractivity contribution in [2.24, 2.45) is 0 Å². The average molecular weight is 335 g/mol. The lowest BCUT2D eigenvalue weighted by atomic mass is 10.1. The Morgan fingerprint density at radius 2 is 2.13 bits per heavy atom. The SMILES string of the molecule is Cc1ccn(C2CC2)c(=O)c1C(=O)NCc1c(F)cccc1Cl. The van der Waals surface area contributed by atoms with Crippen LogP contribution in [-0.4, -0.2) is 10.5 Å². The summed E-state index contributed by atoms with van der Waals surface area (Å²) in [5.74, 6) is -1.00. The minimum atomic E-state index is -0.512. The van der Waals surface area contributed by atoms with Crippen LogP contribution in [0.3, 0.4) is 0 Å². The highest BCUT2D eigenvalue weighted by molar-refractivity contribution is 6.31. The molecule has 0 bridgehead atoms. The van der Waals surface area contributed by atoms with Crippen LogP contribution in [0, 0.1) is 12.7 Å². The zero-order chi connectivity index (χ0) is 16.6. The standard InChI is InChI=1S/C17H16ClFN2O2/c1-10-7-8-21(11-5-6-11)17(23)15(10)16(22)20-9-12-13(18)3-2-4-14(12)19/h2-4,7-8,11H,5-6,9H2,1H3,(H,20,22). The molecule has 6 heteroatoms. The molecule has 23 heavy (non-hydrogen) atoms. The van der Waals surface area contributed by atoms with Gasteiger partial charge in [0.2, 0.25) is 0 Å². The fourth-order valence-corrected chi connectivity index (χ4v) is 2.75. The fourth-order valence-electron chi connectivity index (χ4n) is 2.52. The second kappa shape index (κ2) is 6.16. The van der Waals surface area contributed by atoms with Crippen molar-refractivity contribution in [3.8, 4) is 0 Å². The number of carbonyl (C=O) groups is 1. The molecule has 1 aromatic carbocycles. The van der Waals surface area contributed by atoms with E-state index in [2.05, 4.69) is 5.32 Å². The summed E-state index contributed by atoms with van der Waals surface area (Å²) in [6.07, 6.45) is 3.63. The van der Waals surface area contributed by atoms with Crippen LogP contribution >= 0.6 is 11.6 Å². The molecule has 0 unspecified atom stereocenters. The van der Waals surface area contributed by atoms with E-state index in [0.717, 1.165) is 12.8 Å². The van der Waals surface area contributed by atoms with Gasteiger partial charge in [0, 0.05) is 29.4 Å². The van der Waals surface area contributed by atoms with Gasteiger partial charge in [0.05, 0.1) is 0 Å². The first-order valence-electron chi connectivity index (χ1n) is 7.42. The third-order valence-corrected chi connectivity index (χ3v) is 4.34. The van der Waals surface area contributed by atoms with Gasteiger partial charge in [-0.05, 0) is 43.5 Å². The van der Waals surface area contributed by atoms with Crippen molar-refractivity contribution in [3.05, 3.63) is 68.3 Å². The van der Waals surface area contributed by atoms with Crippen LogP contribution in [0.25, 0.3) is 0 Å². The number of nitrogens with zero attached hydrogens (tertiary/aromatic N) is 1. The number of benzene rings is 1. The van der Waals surface area contributed by atoms with Gasteiger partial charge in [-0.1, -0.05) is 17.7 Å². The van der Waals surface area contributed by atoms with E-state index in [0.29, 0.717) is 5.56 Å². The molecule has 0 saturated heterocycles. The Labute approximate surface area is 137 Å². The third kappa shape index (κ3) is 3.15. The number of amides is 1. The Balaban J connectivity index is 1.84. The van der Waals surface area contributed by atoms with Crippen molar-refractivity contribution < 1.29 is 9.18 Å². The number of hydrogen-bond donors (Lipinski definition) is 1. The molecular formula is C17H16ClFN2O2. The number of hydrogen-bond acceptors (Lipinski definition) is 2. The molecule has 1 amide bonds. The van der Waals surface area contributed by atoms with Crippen molar-refractivity contribution in [2.45, 2.75) is 32.4 Å². The summed E-state index contributed by atoms with van der Waals surface area (Å²) in [5, 5.41) is 2.83. The normalized spacial score (nSPS) is 13.9. The first-order valence-corrected chi connectivity index (χ1v) is 7.79. The van der Waals surface area contributed by atoms with Crippen LogP contribution in [0.2, 0.25) is 5.02 Å². The number of pyridine rings is 1. The molecule has 1 N–H and O–H groups in total. The van der Waals surface area contributed by atoms with Crippen molar-refractivity contribution in [3.63, 3.8) is 0 Å². The molecule has 1 aliphatic carbocycles. The lowest BCUT2D eigenvalue weighted by Gasteiger charge is -2.11. The summed E-state index contributed by atoms with van der Waals surface area (Å²) in [6.45, 7) is 1.64. The fraction of sp³-hybridized carbons (Fsp3) is 0.294. The molecule has 1 aliphatic rings. The molecule has 0 radical (unpaired) electrons. The van der Waals surface area contributed by atoms with Gasteiger partial charge in [-0.15, -0.1) is 0 Å². The van der Waals surface area contributed by atoms with E-state index in [4.69, 9.17) is 11.6 Å². The molecule has 1 aromatic heterocycles. The third-order valence-electron chi connectivity index (χ3n) is 3.98. The van der Waals surface area contributed by atoms with Gasteiger partial charge >= 0.3 is 0 Å². The topological polar surface area (TPSA) is 51.1 Å². The van der Waals surface area contributed by atoms with Gasteiger partial charge in [-0.25, -0.2) is 4.39 Å². The number of aromatic nitrogens is 1. The number of carbonyl (C=O) groups excluding carboxylic acids is 1. The van der Waals surface area contributed by atoms with Gasteiger partial charge < -0.3 is 9.88 Å². The predicted molar refractivity (Wildman–Crippen MR) is 86.3 cm³/mol. The van der Waals surface area contributed by atoms with Gasteiger partial charge in [0.25, 0.3) is 11.5 Å². The minimum Gasteiger partial charge on any atom is -0.348 e. The van der Waals surface area contributed by atoms with Crippen LogP contribution in [0.4, 0.5) is 4.39 Å². The molecule has 4 nitrogen and oxygen atoms in total. The molecule has 0 aliphatic heterocycles. The molecule has 0 atom stereocenters. The number of nitrogens with one attached hydrogen (secondary N) is 1. The highest BCUT2D eigenvalue weighted by Gasteiger charge is 2.27. The van der Waals surface area contributed by atoms with E-state index in [1.165, 1.54) is 12.1 Å².